The quantitative estimate of drug-likeness (QED) is 0.621. The number of methoxy groups -OCH3 is 1. The van der Waals surface area contributed by atoms with Crippen LogP contribution in [-0.4, -0.2) is 38.9 Å². The molecule has 0 atom stereocenters. The monoisotopic (exact) mass is 431 g/mol. The van der Waals surface area contributed by atoms with Crippen LogP contribution < -0.4 is 4.74 Å². The van der Waals surface area contributed by atoms with Gasteiger partial charge in [-0.2, -0.15) is 4.31 Å². The van der Waals surface area contributed by atoms with E-state index >= 15 is 0 Å². The minimum Gasteiger partial charge on any atom is -0.497 e. The first-order chi connectivity index (χ1) is 14.3. The first kappa shape index (κ1) is 22.3. The van der Waals surface area contributed by atoms with Gasteiger partial charge in [0.05, 0.1) is 17.9 Å². The lowest BCUT2D eigenvalue weighted by molar-refractivity contribution is -0.151. The van der Waals surface area contributed by atoms with Gasteiger partial charge in [-0.15, -0.1) is 0 Å². The van der Waals surface area contributed by atoms with Crippen LogP contribution in [0.5, 0.6) is 5.75 Å². The molecule has 0 amide bonds. The number of hydrogen-bond acceptors (Lipinski definition) is 5. The second-order valence-corrected chi connectivity index (χ2v) is 9.80. The first-order valence-electron chi connectivity index (χ1n) is 10.2. The number of benzene rings is 2. The molecule has 1 heterocycles. The molecule has 3 rings (SSSR count). The molecule has 7 heteroatoms. The van der Waals surface area contributed by atoms with Crippen LogP contribution in [0.4, 0.5) is 0 Å². The zero-order chi connectivity index (χ0) is 21.7. The molecule has 30 heavy (non-hydrogen) atoms. The van der Waals surface area contributed by atoms with Crippen molar-refractivity contribution in [1.82, 2.24) is 4.31 Å². The molecule has 1 aliphatic rings. The number of piperidine rings is 1. The van der Waals surface area contributed by atoms with Crippen LogP contribution in [0.15, 0.2) is 53.4 Å². The predicted molar refractivity (Wildman–Crippen MR) is 115 cm³/mol. The zero-order valence-corrected chi connectivity index (χ0v) is 18.5. The Bertz CT molecular complexity index is 944. The van der Waals surface area contributed by atoms with Gasteiger partial charge >= 0.3 is 5.97 Å². The minimum absolute atomic E-state index is 0.231. The van der Waals surface area contributed by atoms with Gasteiger partial charge in [0.1, 0.15) is 12.4 Å². The molecule has 0 radical (unpaired) electrons. The summed E-state index contributed by atoms with van der Waals surface area (Å²) in [5.74, 6) is 0.530. The number of sulfonamides is 1. The second kappa shape index (κ2) is 9.62. The number of hydrogen-bond donors (Lipinski definition) is 0. The Balaban J connectivity index is 1.52. The molecule has 2 aromatic rings. The van der Waals surface area contributed by atoms with Gasteiger partial charge in [0.25, 0.3) is 0 Å². The molecule has 1 fully saturated rings. The summed E-state index contributed by atoms with van der Waals surface area (Å²) in [5, 5.41) is 0. The maximum Gasteiger partial charge on any atom is 0.309 e. The van der Waals surface area contributed by atoms with Crippen LogP contribution in [0.3, 0.4) is 0 Å². The zero-order valence-electron chi connectivity index (χ0n) is 17.7. The maximum atomic E-state index is 12.8. The standard InChI is InChI=1S/C23H29NO5S/c1-17(2)19-6-4-18(5-7-19)16-29-23(25)20-12-14-24(15-13-20)30(26,27)22-10-8-21(28-3)9-11-22/h4-11,17,20H,12-16H2,1-3H3. The van der Waals surface area contributed by atoms with E-state index in [2.05, 4.69) is 26.0 Å². The van der Waals surface area contributed by atoms with E-state index in [4.69, 9.17) is 9.47 Å². The van der Waals surface area contributed by atoms with Gasteiger partial charge in [-0.25, -0.2) is 8.42 Å². The molecule has 0 aromatic heterocycles. The molecule has 1 aliphatic heterocycles. The number of carbonyl (C=O) groups is 1. The fourth-order valence-electron chi connectivity index (χ4n) is 3.50. The lowest BCUT2D eigenvalue weighted by Crippen LogP contribution is -2.40. The number of rotatable bonds is 7. The van der Waals surface area contributed by atoms with Gasteiger partial charge in [-0.3, -0.25) is 4.79 Å². The molecule has 0 bridgehead atoms. The van der Waals surface area contributed by atoms with Crippen molar-refractivity contribution in [2.24, 2.45) is 5.92 Å². The van der Waals surface area contributed by atoms with Gasteiger partial charge < -0.3 is 9.47 Å². The van der Waals surface area contributed by atoms with Crippen molar-refractivity contribution in [2.45, 2.75) is 44.1 Å². The van der Waals surface area contributed by atoms with Crippen LogP contribution in [0, 0.1) is 5.92 Å². The summed E-state index contributed by atoms with van der Waals surface area (Å²) in [6.07, 6.45) is 0.918. The molecule has 0 N–H and O–H groups in total. The lowest BCUT2D eigenvalue weighted by atomic mass is 9.98. The fraction of sp³-hybridized carbons (Fsp3) is 0.435. The Morgan fingerprint density at radius 3 is 2.17 bits per heavy atom. The molecule has 162 valence electrons. The van der Waals surface area contributed by atoms with Crippen molar-refractivity contribution in [2.75, 3.05) is 20.2 Å². The summed E-state index contributed by atoms with van der Waals surface area (Å²) in [6, 6.07) is 14.4. The van der Waals surface area contributed by atoms with Gasteiger partial charge in [0.2, 0.25) is 10.0 Å². The molecule has 2 aromatic carbocycles. The van der Waals surface area contributed by atoms with Crippen LogP contribution in [0.1, 0.15) is 43.7 Å². The van der Waals surface area contributed by atoms with E-state index in [1.165, 1.54) is 17.0 Å². The van der Waals surface area contributed by atoms with Crippen LogP contribution in [0.25, 0.3) is 0 Å². The molecule has 0 aliphatic carbocycles. The third-order valence-electron chi connectivity index (χ3n) is 5.51. The Morgan fingerprint density at radius 2 is 1.63 bits per heavy atom. The summed E-state index contributed by atoms with van der Waals surface area (Å²) < 4.78 is 37.6. The van der Waals surface area contributed by atoms with Crippen molar-refractivity contribution >= 4 is 16.0 Å². The fourth-order valence-corrected chi connectivity index (χ4v) is 4.97. The SMILES string of the molecule is COc1ccc(S(=O)(=O)N2CCC(C(=O)OCc3ccc(C(C)C)cc3)CC2)cc1. The first-order valence-corrected chi connectivity index (χ1v) is 11.6. The van der Waals surface area contributed by atoms with Crippen molar-refractivity contribution in [3.8, 4) is 5.75 Å². The van der Waals surface area contributed by atoms with E-state index in [1.807, 2.05) is 12.1 Å². The number of ether oxygens (including phenoxy) is 2. The van der Waals surface area contributed by atoms with Crippen molar-refractivity contribution < 1.29 is 22.7 Å². The summed E-state index contributed by atoms with van der Waals surface area (Å²) in [7, 11) is -2.04. The Labute approximate surface area is 178 Å². The number of nitrogens with zero attached hydrogens (tertiary/aromatic N) is 1. The molecule has 0 unspecified atom stereocenters. The molecule has 6 nitrogen and oxygen atoms in total. The highest BCUT2D eigenvalue weighted by Gasteiger charge is 2.32. The van der Waals surface area contributed by atoms with E-state index in [0.29, 0.717) is 37.6 Å². The second-order valence-electron chi connectivity index (χ2n) is 7.86. The van der Waals surface area contributed by atoms with Crippen molar-refractivity contribution in [3.63, 3.8) is 0 Å². The van der Waals surface area contributed by atoms with Gasteiger partial charge in [-0.05, 0) is 54.2 Å². The van der Waals surface area contributed by atoms with E-state index < -0.39 is 10.0 Å². The van der Waals surface area contributed by atoms with Crippen LogP contribution in [-0.2, 0) is 26.2 Å². The molecule has 0 saturated carbocycles. The third kappa shape index (κ3) is 5.21. The molecular weight excluding hydrogens is 402 g/mol. The normalized spacial score (nSPS) is 15.9. The van der Waals surface area contributed by atoms with E-state index in [-0.39, 0.29) is 23.4 Å². The Morgan fingerprint density at radius 1 is 1.03 bits per heavy atom. The largest absolute Gasteiger partial charge is 0.497 e. The summed E-state index contributed by atoms with van der Waals surface area (Å²) in [6.45, 7) is 5.11. The average Bonchev–Trinajstić information content (AvgIpc) is 2.77. The summed E-state index contributed by atoms with van der Waals surface area (Å²) >= 11 is 0. The van der Waals surface area contributed by atoms with Gasteiger partial charge in [0.15, 0.2) is 0 Å². The Kier molecular flexibility index (Phi) is 7.15. The van der Waals surface area contributed by atoms with Crippen molar-refractivity contribution in [1.29, 1.82) is 0 Å². The number of carbonyl (C=O) groups excluding carboxylic acids is 1. The van der Waals surface area contributed by atoms with E-state index in [1.54, 1.807) is 24.3 Å². The average molecular weight is 432 g/mol. The van der Waals surface area contributed by atoms with E-state index in [0.717, 1.165) is 5.56 Å². The lowest BCUT2D eigenvalue weighted by Gasteiger charge is -2.30. The summed E-state index contributed by atoms with van der Waals surface area (Å²) in [4.78, 5) is 12.7. The van der Waals surface area contributed by atoms with Crippen LogP contribution >= 0.6 is 0 Å². The minimum atomic E-state index is -3.58. The molecule has 0 spiro atoms. The van der Waals surface area contributed by atoms with Gasteiger partial charge in [0, 0.05) is 13.1 Å². The van der Waals surface area contributed by atoms with Crippen LogP contribution in [0.2, 0.25) is 0 Å². The number of esters is 1. The highest BCUT2D eigenvalue weighted by atomic mass is 32.2. The predicted octanol–water partition coefficient (Wildman–Crippen LogP) is 3.96. The van der Waals surface area contributed by atoms with E-state index in [9.17, 15) is 13.2 Å². The van der Waals surface area contributed by atoms with Crippen molar-refractivity contribution in [3.05, 3.63) is 59.7 Å². The van der Waals surface area contributed by atoms with Gasteiger partial charge in [-0.1, -0.05) is 38.1 Å². The smallest absolute Gasteiger partial charge is 0.309 e. The molecular formula is C23H29NO5S. The highest BCUT2D eigenvalue weighted by molar-refractivity contribution is 7.89. The third-order valence-corrected chi connectivity index (χ3v) is 7.42. The topological polar surface area (TPSA) is 72.9 Å². The highest BCUT2D eigenvalue weighted by Crippen LogP contribution is 2.26. The summed E-state index contributed by atoms with van der Waals surface area (Å²) in [5.41, 5.74) is 2.20. The maximum absolute atomic E-state index is 12.8. The Hall–Kier alpha value is -2.38. The molecule has 1 saturated heterocycles.